The molecule has 1 atom stereocenters. The zero-order valence-electron chi connectivity index (χ0n) is 17.1. The minimum absolute atomic E-state index is 0.0449. The molecule has 162 valence electrons. The van der Waals surface area contributed by atoms with E-state index in [-0.39, 0.29) is 30.9 Å². The lowest BCUT2D eigenvalue weighted by atomic mass is 10.0. The lowest BCUT2D eigenvalue weighted by molar-refractivity contribution is -0.137. The van der Waals surface area contributed by atoms with E-state index in [0.717, 1.165) is 17.7 Å². The van der Waals surface area contributed by atoms with Crippen LogP contribution in [0.15, 0.2) is 48.5 Å². The van der Waals surface area contributed by atoms with E-state index in [1.165, 1.54) is 17.0 Å². The van der Waals surface area contributed by atoms with Crippen molar-refractivity contribution in [3.8, 4) is 5.75 Å². The van der Waals surface area contributed by atoms with E-state index in [1.807, 2.05) is 13.0 Å². The van der Waals surface area contributed by atoms with Gasteiger partial charge in [-0.25, -0.2) is 0 Å². The minimum Gasteiger partial charge on any atom is -0.483 e. The molecule has 8 heteroatoms. The molecule has 0 saturated carbocycles. The first-order valence-corrected chi connectivity index (χ1v) is 9.49. The summed E-state index contributed by atoms with van der Waals surface area (Å²) in [6.45, 7) is 1.77. The number of hydrogen-bond acceptors (Lipinski definition) is 3. The van der Waals surface area contributed by atoms with Crippen molar-refractivity contribution in [1.82, 2.24) is 10.2 Å². The third-order valence-corrected chi connectivity index (χ3v) is 4.53. The van der Waals surface area contributed by atoms with Crippen LogP contribution in [0.4, 0.5) is 13.2 Å². The Morgan fingerprint density at radius 1 is 1.07 bits per heavy atom. The molecule has 0 aliphatic heterocycles. The van der Waals surface area contributed by atoms with Gasteiger partial charge < -0.3 is 15.0 Å². The molecule has 0 aromatic heterocycles. The monoisotopic (exact) mass is 422 g/mol. The fourth-order valence-corrected chi connectivity index (χ4v) is 2.81. The normalized spacial score (nSPS) is 12.2. The molecule has 1 unspecified atom stereocenters. The van der Waals surface area contributed by atoms with E-state index in [1.54, 1.807) is 32.3 Å². The number of para-hydroxylation sites is 1. The summed E-state index contributed by atoms with van der Waals surface area (Å²) in [6.07, 6.45) is -3.89. The van der Waals surface area contributed by atoms with Crippen LogP contribution in [0, 0.1) is 0 Å². The number of likely N-dealkylation sites (N-methyl/N-ethyl adjacent to an activating group) is 1. The molecule has 0 spiro atoms. The van der Waals surface area contributed by atoms with Gasteiger partial charge >= 0.3 is 6.18 Å². The molecule has 0 bridgehead atoms. The van der Waals surface area contributed by atoms with Crippen LogP contribution >= 0.6 is 0 Å². The first-order valence-electron chi connectivity index (χ1n) is 9.49. The molecule has 2 aromatic carbocycles. The Hall–Kier alpha value is -3.03. The summed E-state index contributed by atoms with van der Waals surface area (Å²) in [5.74, 6) is -0.0145. The van der Waals surface area contributed by atoms with Gasteiger partial charge in [-0.2, -0.15) is 13.2 Å². The van der Waals surface area contributed by atoms with Crippen LogP contribution in [-0.4, -0.2) is 37.4 Å². The lowest BCUT2D eigenvalue weighted by Crippen LogP contribution is -2.30. The second kappa shape index (κ2) is 10.1. The summed E-state index contributed by atoms with van der Waals surface area (Å²) in [6, 6.07) is 11.3. The van der Waals surface area contributed by atoms with Crippen LogP contribution in [-0.2, 0) is 22.2 Å². The predicted molar refractivity (Wildman–Crippen MR) is 107 cm³/mol. The molecule has 2 amide bonds. The summed E-state index contributed by atoms with van der Waals surface area (Å²) in [7, 11) is 3.27. The average molecular weight is 422 g/mol. The third-order valence-electron chi connectivity index (χ3n) is 4.53. The number of carbonyl (C=O) groups excluding carboxylic acids is 2. The number of ether oxygens (including phenoxy) is 1. The maximum absolute atomic E-state index is 12.7. The van der Waals surface area contributed by atoms with Crippen molar-refractivity contribution >= 4 is 11.8 Å². The zero-order chi connectivity index (χ0) is 22.3. The highest BCUT2D eigenvalue weighted by molar-refractivity contribution is 5.79. The van der Waals surface area contributed by atoms with E-state index in [0.29, 0.717) is 17.7 Å². The number of amides is 2. The van der Waals surface area contributed by atoms with Crippen LogP contribution in [0.3, 0.4) is 0 Å². The van der Waals surface area contributed by atoms with Gasteiger partial charge in [0.1, 0.15) is 5.75 Å². The maximum Gasteiger partial charge on any atom is 0.416 e. The van der Waals surface area contributed by atoms with Gasteiger partial charge in [-0.05, 0) is 30.2 Å². The van der Waals surface area contributed by atoms with Gasteiger partial charge in [0.2, 0.25) is 5.91 Å². The molecule has 0 fully saturated rings. The number of rotatable bonds is 8. The van der Waals surface area contributed by atoms with Gasteiger partial charge in [0.05, 0.1) is 18.0 Å². The molecule has 0 aliphatic rings. The Bertz CT molecular complexity index is 865. The van der Waals surface area contributed by atoms with Crippen molar-refractivity contribution in [2.24, 2.45) is 0 Å². The molecule has 0 radical (unpaired) electrons. The largest absolute Gasteiger partial charge is 0.483 e. The fourth-order valence-electron chi connectivity index (χ4n) is 2.81. The highest BCUT2D eigenvalue weighted by atomic mass is 19.4. The Balaban J connectivity index is 2.06. The SMILES string of the molecule is CCC(NC(=O)Cc1ccc(C(F)(F)F)cc1)c1ccccc1OCC(=O)N(C)C. The zero-order valence-corrected chi connectivity index (χ0v) is 17.1. The average Bonchev–Trinajstić information content (AvgIpc) is 2.70. The number of carbonyl (C=O) groups is 2. The molecule has 0 heterocycles. The Kier molecular flexibility index (Phi) is 7.86. The van der Waals surface area contributed by atoms with Crippen LogP contribution < -0.4 is 10.1 Å². The Labute approximate surface area is 173 Å². The second-order valence-corrected chi connectivity index (χ2v) is 7.01. The van der Waals surface area contributed by atoms with E-state index in [2.05, 4.69) is 5.32 Å². The van der Waals surface area contributed by atoms with Crippen LogP contribution in [0.5, 0.6) is 5.75 Å². The van der Waals surface area contributed by atoms with Crippen molar-refractivity contribution in [3.63, 3.8) is 0 Å². The van der Waals surface area contributed by atoms with Crippen molar-refractivity contribution in [2.45, 2.75) is 32.0 Å². The van der Waals surface area contributed by atoms with Gasteiger partial charge in [0, 0.05) is 19.7 Å². The molecular weight excluding hydrogens is 397 g/mol. The van der Waals surface area contributed by atoms with Crippen molar-refractivity contribution < 1.29 is 27.5 Å². The molecule has 0 saturated heterocycles. The highest BCUT2D eigenvalue weighted by Gasteiger charge is 2.30. The number of hydrogen-bond donors (Lipinski definition) is 1. The van der Waals surface area contributed by atoms with E-state index < -0.39 is 11.7 Å². The van der Waals surface area contributed by atoms with Crippen molar-refractivity contribution in [2.75, 3.05) is 20.7 Å². The quantitative estimate of drug-likeness (QED) is 0.700. The summed E-state index contributed by atoms with van der Waals surface area (Å²) < 4.78 is 43.6. The summed E-state index contributed by atoms with van der Waals surface area (Å²) in [5, 5.41) is 2.89. The fraction of sp³-hybridized carbons (Fsp3) is 0.364. The second-order valence-electron chi connectivity index (χ2n) is 7.01. The number of halogens is 3. The predicted octanol–water partition coefficient (Wildman–Crippen LogP) is 3.98. The smallest absolute Gasteiger partial charge is 0.416 e. The van der Waals surface area contributed by atoms with E-state index in [9.17, 15) is 22.8 Å². The molecule has 2 aromatic rings. The molecule has 0 aliphatic carbocycles. The number of benzene rings is 2. The first kappa shape index (κ1) is 23.3. The van der Waals surface area contributed by atoms with Gasteiger partial charge in [0.15, 0.2) is 6.61 Å². The molecular formula is C22H25F3N2O3. The minimum atomic E-state index is -4.41. The Morgan fingerprint density at radius 2 is 1.70 bits per heavy atom. The van der Waals surface area contributed by atoms with Crippen molar-refractivity contribution in [1.29, 1.82) is 0 Å². The first-order chi connectivity index (χ1) is 14.1. The third kappa shape index (κ3) is 6.50. The van der Waals surface area contributed by atoms with Crippen LogP contribution in [0.25, 0.3) is 0 Å². The summed E-state index contributed by atoms with van der Waals surface area (Å²) in [5.41, 5.74) is 0.459. The molecule has 5 nitrogen and oxygen atoms in total. The standard InChI is InChI=1S/C22H25F3N2O3/c1-4-18(17-7-5-6-8-19(17)30-14-21(29)27(2)3)26-20(28)13-15-9-11-16(12-10-15)22(23,24)25/h5-12,18H,4,13-14H2,1-3H3,(H,26,28). The van der Waals surface area contributed by atoms with Crippen molar-refractivity contribution in [3.05, 3.63) is 65.2 Å². The number of nitrogens with one attached hydrogen (secondary N) is 1. The van der Waals surface area contributed by atoms with E-state index in [4.69, 9.17) is 4.74 Å². The highest BCUT2D eigenvalue weighted by Crippen LogP contribution is 2.29. The number of nitrogens with zero attached hydrogens (tertiary/aromatic N) is 1. The van der Waals surface area contributed by atoms with Gasteiger partial charge in [0.25, 0.3) is 5.91 Å². The summed E-state index contributed by atoms with van der Waals surface area (Å²) >= 11 is 0. The topological polar surface area (TPSA) is 58.6 Å². The van der Waals surface area contributed by atoms with Gasteiger partial charge in [-0.1, -0.05) is 37.3 Å². The molecule has 30 heavy (non-hydrogen) atoms. The molecule has 1 N–H and O–H groups in total. The summed E-state index contributed by atoms with van der Waals surface area (Å²) in [4.78, 5) is 25.7. The maximum atomic E-state index is 12.7. The Morgan fingerprint density at radius 3 is 2.27 bits per heavy atom. The number of alkyl halides is 3. The van der Waals surface area contributed by atoms with Crippen LogP contribution in [0.2, 0.25) is 0 Å². The van der Waals surface area contributed by atoms with E-state index >= 15 is 0 Å². The van der Waals surface area contributed by atoms with Gasteiger partial charge in [-0.3, -0.25) is 9.59 Å². The van der Waals surface area contributed by atoms with Gasteiger partial charge in [-0.15, -0.1) is 0 Å². The van der Waals surface area contributed by atoms with Crippen LogP contribution in [0.1, 0.15) is 36.1 Å². The lowest BCUT2D eigenvalue weighted by Gasteiger charge is -2.21. The molecule has 2 rings (SSSR count).